The monoisotopic (exact) mass is 577 g/mol. The van der Waals surface area contributed by atoms with Crippen molar-refractivity contribution in [2.24, 2.45) is 5.41 Å². The smallest absolute Gasteiger partial charge is 0.254 e. The van der Waals surface area contributed by atoms with E-state index in [2.05, 4.69) is 9.88 Å². The lowest BCUT2D eigenvalue weighted by molar-refractivity contribution is -0.137. The SMILES string of the molecule is CCN1C(=O)C(C)(C)C(=O)N(C)c2cc(OCCCN(CCN(C)C(=O)c3ccsc3)Cc3ccncc3)ccc21. The summed E-state index contributed by atoms with van der Waals surface area (Å²) in [6, 6.07) is 11.4. The van der Waals surface area contributed by atoms with Crippen molar-refractivity contribution in [2.45, 2.75) is 33.7 Å². The van der Waals surface area contributed by atoms with Gasteiger partial charge < -0.3 is 19.4 Å². The van der Waals surface area contributed by atoms with Crippen molar-refractivity contribution in [1.29, 1.82) is 0 Å². The molecule has 9 nitrogen and oxygen atoms in total. The Hall–Kier alpha value is -3.76. The first kappa shape index (κ1) is 30.2. The Bertz CT molecular complexity index is 1350. The van der Waals surface area contributed by atoms with Gasteiger partial charge in [0, 0.05) is 70.7 Å². The van der Waals surface area contributed by atoms with E-state index in [1.54, 1.807) is 48.0 Å². The molecule has 0 saturated carbocycles. The first-order valence-corrected chi connectivity index (χ1v) is 14.8. The van der Waals surface area contributed by atoms with E-state index in [1.165, 1.54) is 11.3 Å². The van der Waals surface area contributed by atoms with Gasteiger partial charge in [-0.25, -0.2) is 0 Å². The molecule has 0 spiro atoms. The summed E-state index contributed by atoms with van der Waals surface area (Å²) in [5.41, 5.74) is 2.09. The van der Waals surface area contributed by atoms with E-state index in [-0.39, 0.29) is 17.7 Å². The Morgan fingerprint density at radius 1 is 1.02 bits per heavy atom. The lowest BCUT2D eigenvalue weighted by Gasteiger charge is -2.27. The summed E-state index contributed by atoms with van der Waals surface area (Å²) in [5.74, 6) is 0.220. The van der Waals surface area contributed by atoms with Gasteiger partial charge in [0.2, 0.25) is 11.8 Å². The molecule has 10 heteroatoms. The number of fused-ring (bicyclic) bond motifs is 1. The third-order valence-corrected chi connectivity index (χ3v) is 8.13. The number of hydrogen-bond donors (Lipinski definition) is 0. The number of carbonyl (C=O) groups excluding carboxylic acids is 3. The Balaban J connectivity index is 1.38. The molecule has 0 aliphatic carbocycles. The normalized spacial score (nSPS) is 14.7. The number of benzene rings is 1. The second-order valence-electron chi connectivity index (χ2n) is 10.8. The molecule has 1 aliphatic heterocycles. The molecule has 0 saturated heterocycles. The average Bonchev–Trinajstić information content (AvgIpc) is 3.51. The molecule has 218 valence electrons. The summed E-state index contributed by atoms with van der Waals surface area (Å²) in [5, 5.41) is 3.79. The van der Waals surface area contributed by atoms with Crippen LogP contribution >= 0.6 is 11.3 Å². The van der Waals surface area contributed by atoms with Crippen molar-refractivity contribution < 1.29 is 19.1 Å². The Labute approximate surface area is 246 Å². The number of carbonyl (C=O) groups is 3. The number of hydrogen-bond acceptors (Lipinski definition) is 7. The van der Waals surface area contributed by atoms with Crippen molar-refractivity contribution in [2.75, 3.05) is 56.7 Å². The van der Waals surface area contributed by atoms with E-state index in [4.69, 9.17) is 4.74 Å². The molecule has 0 N–H and O–H groups in total. The second kappa shape index (κ2) is 13.3. The lowest BCUT2D eigenvalue weighted by Crippen LogP contribution is -2.47. The average molecular weight is 578 g/mol. The number of ether oxygens (including phenoxy) is 1. The predicted octanol–water partition coefficient (Wildman–Crippen LogP) is 4.54. The molecule has 0 atom stereocenters. The van der Waals surface area contributed by atoms with Crippen LogP contribution in [0.5, 0.6) is 5.75 Å². The summed E-state index contributed by atoms with van der Waals surface area (Å²) in [6.45, 7) is 9.05. The summed E-state index contributed by atoms with van der Waals surface area (Å²) in [4.78, 5) is 50.3. The minimum Gasteiger partial charge on any atom is -0.493 e. The fourth-order valence-electron chi connectivity index (χ4n) is 4.96. The molecule has 41 heavy (non-hydrogen) atoms. The zero-order valence-corrected chi connectivity index (χ0v) is 25.3. The molecular weight excluding hydrogens is 538 g/mol. The van der Waals surface area contributed by atoms with E-state index in [9.17, 15) is 14.4 Å². The zero-order valence-electron chi connectivity index (χ0n) is 24.5. The van der Waals surface area contributed by atoms with Gasteiger partial charge in [0.1, 0.15) is 11.2 Å². The number of likely N-dealkylation sites (N-methyl/N-ethyl adjacent to an activating group) is 1. The van der Waals surface area contributed by atoms with Gasteiger partial charge in [-0.1, -0.05) is 0 Å². The summed E-state index contributed by atoms with van der Waals surface area (Å²) >= 11 is 1.52. The van der Waals surface area contributed by atoms with Gasteiger partial charge in [0.05, 0.1) is 23.5 Å². The number of anilines is 2. The van der Waals surface area contributed by atoms with E-state index in [0.29, 0.717) is 36.8 Å². The maximum absolute atomic E-state index is 13.1. The number of pyridine rings is 1. The van der Waals surface area contributed by atoms with Crippen molar-refractivity contribution >= 4 is 40.4 Å². The highest BCUT2D eigenvalue weighted by molar-refractivity contribution is 7.08. The Morgan fingerprint density at radius 2 is 1.78 bits per heavy atom. The molecule has 0 fully saturated rings. The van der Waals surface area contributed by atoms with Crippen LogP contribution in [0.2, 0.25) is 0 Å². The summed E-state index contributed by atoms with van der Waals surface area (Å²) < 4.78 is 6.12. The number of amides is 3. The van der Waals surface area contributed by atoms with E-state index in [0.717, 1.165) is 37.2 Å². The highest BCUT2D eigenvalue weighted by Gasteiger charge is 2.45. The minimum atomic E-state index is -1.15. The predicted molar refractivity (Wildman–Crippen MR) is 163 cm³/mol. The molecule has 1 aliphatic rings. The zero-order chi connectivity index (χ0) is 29.6. The number of thiophene rings is 1. The molecule has 2 aromatic heterocycles. The van der Waals surface area contributed by atoms with Crippen molar-refractivity contribution in [1.82, 2.24) is 14.8 Å². The molecule has 4 rings (SSSR count). The summed E-state index contributed by atoms with van der Waals surface area (Å²) in [7, 11) is 3.54. The Kier molecular flexibility index (Phi) is 9.77. The van der Waals surface area contributed by atoms with Gasteiger partial charge in [0.25, 0.3) is 5.91 Å². The van der Waals surface area contributed by atoms with Crippen LogP contribution in [-0.2, 0) is 16.1 Å². The van der Waals surface area contributed by atoms with Gasteiger partial charge in [0.15, 0.2) is 0 Å². The first-order valence-electron chi connectivity index (χ1n) is 13.9. The maximum Gasteiger partial charge on any atom is 0.254 e. The fraction of sp³-hybridized carbons (Fsp3) is 0.419. The van der Waals surface area contributed by atoms with Crippen molar-refractivity contribution in [3.63, 3.8) is 0 Å². The molecule has 3 amide bonds. The molecule has 0 radical (unpaired) electrons. The largest absolute Gasteiger partial charge is 0.493 e. The van der Waals surface area contributed by atoms with Crippen LogP contribution in [0.25, 0.3) is 0 Å². The molecule has 0 bridgehead atoms. The Morgan fingerprint density at radius 3 is 2.46 bits per heavy atom. The van der Waals surface area contributed by atoms with Gasteiger partial charge in [-0.05, 0) is 68.5 Å². The van der Waals surface area contributed by atoms with Crippen LogP contribution in [0, 0.1) is 5.41 Å². The topological polar surface area (TPSA) is 86.3 Å². The van der Waals surface area contributed by atoms with Crippen LogP contribution in [0.1, 0.15) is 43.1 Å². The van der Waals surface area contributed by atoms with Crippen molar-refractivity contribution in [3.05, 3.63) is 70.7 Å². The lowest BCUT2D eigenvalue weighted by atomic mass is 9.90. The number of rotatable bonds is 12. The molecule has 3 heterocycles. The first-order chi connectivity index (χ1) is 19.6. The molecule has 3 aromatic rings. The highest BCUT2D eigenvalue weighted by atomic mass is 32.1. The maximum atomic E-state index is 13.1. The minimum absolute atomic E-state index is 0.0248. The summed E-state index contributed by atoms with van der Waals surface area (Å²) in [6.07, 6.45) is 4.35. The molecule has 1 aromatic carbocycles. The quantitative estimate of drug-likeness (QED) is 0.232. The molecule has 0 unspecified atom stereocenters. The van der Waals surface area contributed by atoms with E-state index >= 15 is 0 Å². The van der Waals surface area contributed by atoms with Crippen LogP contribution in [0.3, 0.4) is 0 Å². The van der Waals surface area contributed by atoms with Gasteiger partial charge in [-0.2, -0.15) is 11.3 Å². The van der Waals surface area contributed by atoms with Gasteiger partial charge in [-0.15, -0.1) is 0 Å². The standard InChI is InChI=1S/C31H39N5O4S/c1-6-36-26-9-8-25(20-27(26)34(5)29(38)31(2,3)30(36)39)40-18-7-15-35(21-23-10-13-32-14-11-23)17-16-33(4)28(37)24-12-19-41-22-24/h8-14,19-20,22H,6-7,15-18,21H2,1-5H3. The van der Waals surface area contributed by atoms with Crippen LogP contribution < -0.4 is 14.5 Å². The highest BCUT2D eigenvalue weighted by Crippen LogP contribution is 2.40. The van der Waals surface area contributed by atoms with Crippen LogP contribution in [-0.4, -0.2) is 79.4 Å². The number of nitrogens with zero attached hydrogens (tertiary/aromatic N) is 5. The number of aromatic nitrogens is 1. The molecular formula is C31H39N5O4S. The fourth-order valence-corrected chi connectivity index (χ4v) is 5.59. The van der Waals surface area contributed by atoms with E-state index in [1.807, 2.05) is 61.1 Å². The third-order valence-electron chi connectivity index (χ3n) is 7.44. The third kappa shape index (κ3) is 6.94. The van der Waals surface area contributed by atoms with Crippen LogP contribution in [0.15, 0.2) is 59.6 Å². The van der Waals surface area contributed by atoms with Gasteiger partial charge >= 0.3 is 0 Å². The van der Waals surface area contributed by atoms with Gasteiger partial charge in [-0.3, -0.25) is 24.3 Å². The van der Waals surface area contributed by atoms with Crippen LogP contribution in [0.4, 0.5) is 11.4 Å². The second-order valence-corrected chi connectivity index (χ2v) is 11.5. The van der Waals surface area contributed by atoms with E-state index < -0.39 is 5.41 Å². The van der Waals surface area contributed by atoms with Crippen molar-refractivity contribution in [3.8, 4) is 5.75 Å².